The summed E-state index contributed by atoms with van der Waals surface area (Å²) in [6, 6.07) is 17.4. The maximum Gasteiger partial charge on any atom is 0.308 e. The largest absolute Gasteiger partial charge is 0.461 e. The van der Waals surface area contributed by atoms with Gasteiger partial charge in [0.2, 0.25) is 17.7 Å². The Morgan fingerprint density at radius 1 is 1.03 bits per heavy atom. The van der Waals surface area contributed by atoms with Gasteiger partial charge in [-0.25, -0.2) is 0 Å². The maximum absolute atomic E-state index is 13.7. The lowest BCUT2D eigenvalue weighted by molar-refractivity contribution is -0.149. The minimum absolute atomic E-state index is 0.0533. The van der Waals surface area contributed by atoms with Crippen LogP contribution in [0.25, 0.3) is 0 Å². The molecule has 2 N–H and O–H groups in total. The predicted molar refractivity (Wildman–Crippen MR) is 148 cm³/mol. The first kappa shape index (κ1) is 29.8. The first-order valence-electron chi connectivity index (χ1n) is 13.6. The van der Waals surface area contributed by atoms with Gasteiger partial charge in [-0.3, -0.25) is 19.2 Å². The molecule has 9 nitrogen and oxygen atoms in total. The van der Waals surface area contributed by atoms with Crippen LogP contribution in [0.15, 0.2) is 60.7 Å². The summed E-state index contributed by atoms with van der Waals surface area (Å²) in [5.41, 5.74) is 1.97. The van der Waals surface area contributed by atoms with E-state index in [0.717, 1.165) is 30.4 Å². The number of amides is 3. The summed E-state index contributed by atoms with van der Waals surface area (Å²) in [6.07, 6.45) is 1.97. The SMILES string of the molecule is CN[C@@H](C)C(=O)N[C@@H](CC(=O)OCc1ccccc1)C(=O)N1CCC[C@H]1CN(CCc1ccccc1)C(C)=O. The number of nitrogens with zero attached hydrogens (tertiary/aromatic N) is 2. The fourth-order valence-electron chi connectivity index (χ4n) is 4.65. The number of likely N-dealkylation sites (tertiary alicyclic amines) is 1. The van der Waals surface area contributed by atoms with Crippen molar-refractivity contribution in [1.29, 1.82) is 0 Å². The van der Waals surface area contributed by atoms with Crippen LogP contribution in [0.4, 0.5) is 0 Å². The van der Waals surface area contributed by atoms with E-state index in [2.05, 4.69) is 10.6 Å². The van der Waals surface area contributed by atoms with E-state index in [1.165, 1.54) is 6.92 Å². The van der Waals surface area contributed by atoms with E-state index >= 15 is 0 Å². The molecule has 0 saturated carbocycles. The van der Waals surface area contributed by atoms with E-state index in [1.807, 2.05) is 60.7 Å². The lowest BCUT2D eigenvalue weighted by Gasteiger charge is -2.33. The minimum Gasteiger partial charge on any atom is -0.461 e. The monoisotopic (exact) mass is 536 g/mol. The lowest BCUT2D eigenvalue weighted by Crippen LogP contribution is -2.55. The molecular weight excluding hydrogens is 496 g/mol. The molecule has 0 bridgehead atoms. The molecule has 0 unspecified atom stereocenters. The number of carbonyl (C=O) groups is 4. The van der Waals surface area contributed by atoms with Gasteiger partial charge in [-0.05, 0) is 44.4 Å². The van der Waals surface area contributed by atoms with Gasteiger partial charge in [0.15, 0.2) is 0 Å². The van der Waals surface area contributed by atoms with Gasteiger partial charge in [0.1, 0.15) is 12.6 Å². The van der Waals surface area contributed by atoms with Crippen LogP contribution in [0.2, 0.25) is 0 Å². The van der Waals surface area contributed by atoms with E-state index in [9.17, 15) is 19.2 Å². The highest BCUT2D eigenvalue weighted by Crippen LogP contribution is 2.21. The summed E-state index contributed by atoms with van der Waals surface area (Å²) in [5, 5.41) is 5.60. The molecule has 2 aromatic carbocycles. The van der Waals surface area contributed by atoms with Gasteiger partial charge in [-0.15, -0.1) is 0 Å². The van der Waals surface area contributed by atoms with E-state index in [1.54, 1.807) is 23.8 Å². The fourth-order valence-corrected chi connectivity index (χ4v) is 4.65. The zero-order valence-corrected chi connectivity index (χ0v) is 23.1. The molecular formula is C30H40N4O5. The number of hydrogen-bond donors (Lipinski definition) is 2. The molecule has 0 spiro atoms. The molecule has 1 heterocycles. The van der Waals surface area contributed by atoms with Crippen molar-refractivity contribution in [1.82, 2.24) is 20.4 Å². The summed E-state index contributed by atoms with van der Waals surface area (Å²) >= 11 is 0. The fraction of sp³-hybridized carbons (Fsp3) is 0.467. The van der Waals surface area contributed by atoms with Gasteiger partial charge < -0.3 is 25.2 Å². The van der Waals surface area contributed by atoms with E-state index in [0.29, 0.717) is 19.6 Å². The molecule has 3 atom stereocenters. The highest BCUT2D eigenvalue weighted by Gasteiger charge is 2.36. The molecule has 39 heavy (non-hydrogen) atoms. The number of hydrogen-bond acceptors (Lipinski definition) is 6. The minimum atomic E-state index is -1.06. The van der Waals surface area contributed by atoms with Gasteiger partial charge in [0, 0.05) is 32.6 Å². The molecule has 0 aromatic heterocycles. The standard InChI is InChI=1S/C30H40N4O5/c1-22(31-3)29(37)32-27(19-28(36)39-21-25-13-8-5-9-14-25)30(38)34-17-10-15-26(34)20-33(23(2)35)18-16-24-11-6-4-7-12-24/h4-9,11-14,22,26-27,31H,10,15-21H2,1-3H3,(H,32,37)/t22-,26-,27-/m0/s1. The third kappa shape index (κ3) is 9.21. The second-order valence-electron chi connectivity index (χ2n) is 9.95. The van der Waals surface area contributed by atoms with Crippen LogP contribution in [0.5, 0.6) is 0 Å². The third-order valence-corrected chi connectivity index (χ3v) is 7.10. The van der Waals surface area contributed by atoms with Gasteiger partial charge in [0.05, 0.1) is 12.5 Å². The Hall–Kier alpha value is -3.72. The Morgan fingerprint density at radius 2 is 1.67 bits per heavy atom. The number of likely N-dealkylation sites (N-methyl/N-ethyl adjacent to an activating group) is 1. The van der Waals surface area contributed by atoms with Gasteiger partial charge in [-0.2, -0.15) is 0 Å². The number of ether oxygens (including phenoxy) is 1. The average molecular weight is 537 g/mol. The van der Waals surface area contributed by atoms with Crippen LogP contribution in [0, 0.1) is 0 Å². The quantitative estimate of drug-likeness (QED) is 0.381. The smallest absolute Gasteiger partial charge is 0.308 e. The normalized spacial score (nSPS) is 16.3. The molecule has 1 aliphatic heterocycles. The third-order valence-electron chi connectivity index (χ3n) is 7.10. The zero-order valence-electron chi connectivity index (χ0n) is 23.1. The van der Waals surface area contributed by atoms with Crippen molar-refractivity contribution in [3.63, 3.8) is 0 Å². The van der Waals surface area contributed by atoms with Crippen LogP contribution in [0.1, 0.15) is 44.2 Å². The molecule has 0 aliphatic carbocycles. The highest BCUT2D eigenvalue weighted by atomic mass is 16.5. The summed E-state index contributed by atoms with van der Waals surface area (Å²) in [6.45, 7) is 4.75. The second-order valence-corrected chi connectivity index (χ2v) is 9.95. The molecule has 210 valence electrons. The molecule has 3 rings (SSSR count). The first-order chi connectivity index (χ1) is 18.8. The van der Waals surface area contributed by atoms with Crippen molar-refractivity contribution < 1.29 is 23.9 Å². The summed E-state index contributed by atoms with van der Waals surface area (Å²) in [5.74, 6) is -1.34. The van der Waals surface area contributed by atoms with E-state index < -0.39 is 18.1 Å². The molecule has 1 aliphatic rings. The molecule has 1 fully saturated rings. The highest BCUT2D eigenvalue weighted by molar-refractivity contribution is 5.92. The molecule has 0 radical (unpaired) electrons. The number of esters is 1. The predicted octanol–water partition coefficient (Wildman–Crippen LogP) is 2.29. The molecule has 1 saturated heterocycles. The Balaban J connectivity index is 1.67. The van der Waals surface area contributed by atoms with Gasteiger partial charge >= 0.3 is 5.97 Å². The van der Waals surface area contributed by atoms with Crippen LogP contribution in [-0.4, -0.2) is 78.3 Å². The van der Waals surface area contributed by atoms with Crippen molar-refractivity contribution in [3.8, 4) is 0 Å². The van der Waals surface area contributed by atoms with E-state index in [4.69, 9.17) is 4.74 Å². The Labute approximate surface area is 230 Å². The summed E-state index contributed by atoms with van der Waals surface area (Å²) in [4.78, 5) is 55.1. The number of benzene rings is 2. The van der Waals surface area contributed by atoms with Crippen LogP contribution < -0.4 is 10.6 Å². The first-order valence-corrected chi connectivity index (χ1v) is 13.6. The summed E-state index contributed by atoms with van der Waals surface area (Å²) in [7, 11) is 1.65. The van der Waals surface area contributed by atoms with Crippen molar-refractivity contribution in [3.05, 3.63) is 71.8 Å². The van der Waals surface area contributed by atoms with Crippen molar-refractivity contribution in [2.75, 3.05) is 26.7 Å². The van der Waals surface area contributed by atoms with Crippen LogP contribution >= 0.6 is 0 Å². The number of carbonyl (C=O) groups excluding carboxylic acids is 4. The molecule has 9 heteroatoms. The Bertz CT molecular complexity index is 1100. The number of nitrogens with one attached hydrogen (secondary N) is 2. The Morgan fingerprint density at radius 3 is 2.28 bits per heavy atom. The van der Waals surface area contributed by atoms with Crippen LogP contribution in [-0.2, 0) is 36.9 Å². The maximum atomic E-state index is 13.7. The second kappa shape index (κ2) is 15.0. The topological polar surface area (TPSA) is 108 Å². The average Bonchev–Trinajstić information content (AvgIpc) is 3.42. The number of rotatable bonds is 13. The van der Waals surface area contributed by atoms with Crippen molar-refractivity contribution in [2.24, 2.45) is 0 Å². The van der Waals surface area contributed by atoms with E-state index in [-0.39, 0.29) is 36.8 Å². The van der Waals surface area contributed by atoms with Gasteiger partial charge in [-0.1, -0.05) is 60.7 Å². The van der Waals surface area contributed by atoms with Crippen LogP contribution in [0.3, 0.4) is 0 Å². The zero-order chi connectivity index (χ0) is 28.2. The lowest BCUT2D eigenvalue weighted by atomic mass is 10.1. The molecule has 3 amide bonds. The van der Waals surface area contributed by atoms with Crippen molar-refractivity contribution in [2.45, 2.75) is 64.3 Å². The van der Waals surface area contributed by atoms with Gasteiger partial charge in [0.25, 0.3) is 0 Å². The molecule has 2 aromatic rings. The van der Waals surface area contributed by atoms with Crippen molar-refractivity contribution >= 4 is 23.7 Å². The summed E-state index contributed by atoms with van der Waals surface area (Å²) < 4.78 is 5.41. The Kier molecular flexibility index (Phi) is 11.5.